The summed E-state index contributed by atoms with van der Waals surface area (Å²) in [5.41, 5.74) is 7.15. The van der Waals surface area contributed by atoms with Crippen LogP contribution in [0.1, 0.15) is 29.6 Å². The summed E-state index contributed by atoms with van der Waals surface area (Å²) in [5, 5.41) is 4.05. The van der Waals surface area contributed by atoms with Crippen molar-refractivity contribution in [2.45, 2.75) is 24.8 Å². The van der Waals surface area contributed by atoms with E-state index in [4.69, 9.17) is 5.73 Å². The molecular weight excluding hydrogens is 238 g/mol. The molecule has 0 radical (unpaired) electrons. The van der Waals surface area contributed by atoms with Gasteiger partial charge in [-0.2, -0.15) is 0 Å². The Balaban J connectivity index is 1.85. The van der Waals surface area contributed by atoms with Crippen LogP contribution in [0.2, 0.25) is 0 Å². The molecule has 0 saturated heterocycles. The fourth-order valence-electron chi connectivity index (χ4n) is 2.51. The van der Waals surface area contributed by atoms with Crippen LogP contribution < -0.4 is 11.1 Å². The van der Waals surface area contributed by atoms with Crippen molar-refractivity contribution in [3.8, 4) is 0 Å². The van der Waals surface area contributed by atoms with Crippen LogP contribution in [0.3, 0.4) is 0 Å². The number of fused-ring (bicyclic) bond motifs is 1. The zero-order chi connectivity index (χ0) is 13.3. The van der Waals surface area contributed by atoms with Gasteiger partial charge in [-0.25, -0.2) is 0 Å². The average Bonchev–Trinajstić information content (AvgIpc) is 2.42. The van der Waals surface area contributed by atoms with E-state index in [9.17, 15) is 4.79 Å². The van der Waals surface area contributed by atoms with E-state index in [0.29, 0.717) is 12.1 Å². The largest absolute Gasteiger partial charge is 0.345 e. The molecule has 4 heteroatoms. The van der Waals surface area contributed by atoms with Gasteiger partial charge in [0.25, 0.3) is 5.91 Å². The number of rotatable bonds is 3. The van der Waals surface area contributed by atoms with Crippen LogP contribution in [0.15, 0.2) is 36.5 Å². The summed E-state index contributed by atoms with van der Waals surface area (Å²) in [7, 11) is 0. The molecule has 1 aliphatic carbocycles. The summed E-state index contributed by atoms with van der Waals surface area (Å²) in [6.07, 6.45) is 4.84. The van der Waals surface area contributed by atoms with Crippen LogP contribution in [0.25, 0.3) is 10.9 Å². The van der Waals surface area contributed by atoms with E-state index >= 15 is 0 Å². The lowest BCUT2D eigenvalue weighted by atomic mass is 9.76. The smallest absolute Gasteiger partial charge is 0.251 e. The Labute approximate surface area is 112 Å². The van der Waals surface area contributed by atoms with Crippen molar-refractivity contribution in [2.24, 2.45) is 5.73 Å². The summed E-state index contributed by atoms with van der Waals surface area (Å²) in [6, 6.07) is 9.40. The molecule has 3 rings (SSSR count). The van der Waals surface area contributed by atoms with Crippen LogP contribution in [0.5, 0.6) is 0 Å². The average molecular weight is 255 g/mol. The van der Waals surface area contributed by atoms with Crippen LogP contribution in [-0.2, 0) is 0 Å². The van der Waals surface area contributed by atoms with Crippen molar-refractivity contribution in [1.29, 1.82) is 0 Å². The SMILES string of the molecule is NCC1(NC(=O)c2ccc3ncccc3c2)CCC1. The zero-order valence-electron chi connectivity index (χ0n) is 10.7. The summed E-state index contributed by atoms with van der Waals surface area (Å²) in [6.45, 7) is 0.508. The van der Waals surface area contributed by atoms with Gasteiger partial charge >= 0.3 is 0 Å². The van der Waals surface area contributed by atoms with E-state index in [-0.39, 0.29) is 11.4 Å². The van der Waals surface area contributed by atoms with Crippen LogP contribution in [0, 0.1) is 0 Å². The van der Waals surface area contributed by atoms with Crippen molar-refractivity contribution in [1.82, 2.24) is 10.3 Å². The molecule has 1 amide bonds. The van der Waals surface area contributed by atoms with Gasteiger partial charge in [0, 0.05) is 23.7 Å². The minimum absolute atomic E-state index is 0.0455. The fraction of sp³-hybridized carbons (Fsp3) is 0.333. The molecule has 19 heavy (non-hydrogen) atoms. The van der Waals surface area contributed by atoms with Crippen molar-refractivity contribution >= 4 is 16.8 Å². The Morgan fingerprint density at radius 1 is 1.37 bits per heavy atom. The molecule has 1 aromatic heterocycles. The number of hydrogen-bond donors (Lipinski definition) is 2. The van der Waals surface area contributed by atoms with Crippen molar-refractivity contribution in [3.63, 3.8) is 0 Å². The van der Waals surface area contributed by atoms with E-state index in [2.05, 4.69) is 10.3 Å². The molecule has 98 valence electrons. The van der Waals surface area contributed by atoms with E-state index < -0.39 is 0 Å². The second-order valence-electron chi connectivity index (χ2n) is 5.20. The molecule has 0 bridgehead atoms. The number of carbonyl (C=O) groups is 1. The molecule has 1 fully saturated rings. The second kappa shape index (κ2) is 4.63. The third-order valence-electron chi connectivity index (χ3n) is 3.95. The van der Waals surface area contributed by atoms with E-state index in [1.807, 2.05) is 30.3 Å². The Morgan fingerprint density at radius 3 is 2.89 bits per heavy atom. The number of pyridine rings is 1. The highest BCUT2D eigenvalue weighted by atomic mass is 16.1. The summed E-state index contributed by atoms with van der Waals surface area (Å²) in [5.74, 6) is -0.0455. The number of nitrogens with zero attached hydrogens (tertiary/aromatic N) is 1. The lowest BCUT2D eigenvalue weighted by Gasteiger charge is -2.41. The van der Waals surface area contributed by atoms with E-state index in [1.165, 1.54) is 0 Å². The lowest BCUT2D eigenvalue weighted by molar-refractivity contribution is 0.0837. The first-order valence-corrected chi connectivity index (χ1v) is 6.60. The van der Waals surface area contributed by atoms with Gasteiger partial charge in [0.05, 0.1) is 11.1 Å². The predicted molar refractivity (Wildman–Crippen MR) is 74.8 cm³/mol. The zero-order valence-corrected chi connectivity index (χ0v) is 10.7. The minimum atomic E-state index is -0.180. The number of hydrogen-bond acceptors (Lipinski definition) is 3. The third kappa shape index (κ3) is 2.19. The van der Waals surface area contributed by atoms with Gasteiger partial charge in [0.1, 0.15) is 0 Å². The molecule has 1 saturated carbocycles. The number of nitrogens with two attached hydrogens (primary N) is 1. The molecule has 1 heterocycles. The fourth-order valence-corrected chi connectivity index (χ4v) is 2.51. The predicted octanol–water partition coefficient (Wildman–Crippen LogP) is 1.85. The van der Waals surface area contributed by atoms with Gasteiger partial charge in [-0.1, -0.05) is 6.07 Å². The highest BCUT2D eigenvalue weighted by Gasteiger charge is 2.37. The van der Waals surface area contributed by atoms with Gasteiger partial charge in [0.15, 0.2) is 0 Å². The Bertz CT molecular complexity index is 614. The quantitative estimate of drug-likeness (QED) is 0.879. The number of nitrogens with one attached hydrogen (secondary N) is 1. The molecule has 0 unspecified atom stereocenters. The van der Waals surface area contributed by atoms with Crippen LogP contribution >= 0.6 is 0 Å². The maximum absolute atomic E-state index is 12.3. The number of amides is 1. The molecule has 0 spiro atoms. The first kappa shape index (κ1) is 12.1. The van der Waals surface area contributed by atoms with Crippen LogP contribution in [-0.4, -0.2) is 23.0 Å². The molecular formula is C15H17N3O. The second-order valence-corrected chi connectivity index (χ2v) is 5.20. The van der Waals surface area contributed by atoms with Crippen molar-refractivity contribution in [2.75, 3.05) is 6.54 Å². The molecule has 3 N–H and O–H groups in total. The van der Waals surface area contributed by atoms with Gasteiger partial charge in [0.2, 0.25) is 0 Å². The van der Waals surface area contributed by atoms with Gasteiger partial charge in [-0.15, -0.1) is 0 Å². The van der Waals surface area contributed by atoms with Crippen LogP contribution in [0.4, 0.5) is 0 Å². The first-order valence-electron chi connectivity index (χ1n) is 6.60. The van der Waals surface area contributed by atoms with Crippen molar-refractivity contribution < 1.29 is 4.79 Å². The highest BCUT2D eigenvalue weighted by Crippen LogP contribution is 2.31. The van der Waals surface area contributed by atoms with Gasteiger partial charge in [-0.3, -0.25) is 9.78 Å². The van der Waals surface area contributed by atoms with E-state index in [1.54, 1.807) is 6.20 Å². The Kier molecular flexibility index (Phi) is 2.95. The maximum atomic E-state index is 12.3. The molecule has 1 aromatic carbocycles. The summed E-state index contributed by atoms with van der Waals surface area (Å²) in [4.78, 5) is 16.5. The van der Waals surface area contributed by atoms with E-state index in [0.717, 1.165) is 30.2 Å². The highest BCUT2D eigenvalue weighted by molar-refractivity contribution is 5.98. The first-order chi connectivity index (χ1) is 9.22. The Morgan fingerprint density at radius 2 is 2.21 bits per heavy atom. The molecule has 1 aliphatic rings. The minimum Gasteiger partial charge on any atom is -0.345 e. The summed E-state index contributed by atoms with van der Waals surface area (Å²) >= 11 is 0. The Hall–Kier alpha value is -1.94. The molecule has 0 aliphatic heterocycles. The molecule has 4 nitrogen and oxygen atoms in total. The maximum Gasteiger partial charge on any atom is 0.251 e. The topological polar surface area (TPSA) is 68.0 Å². The van der Waals surface area contributed by atoms with Crippen molar-refractivity contribution in [3.05, 3.63) is 42.1 Å². The van der Waals surface area contributed by atoms with Gasteiger partial charge < -0.3 is 11.1 Å². The number of carbonyl (C=O) groups excluding carboxylic acids is 1. The number of benzene rings is 1. The number of aromatic nitrogens is 1. The standard InChI is InChI=1S/C15H17N3O/c16-10-15(6-2-7-15)18-14(19)12-4-5-13-11(9-12)3-1-8-17-13/h1,3-5,8-9H,2,6-7,10,16H2,(H,18,19). The third-order valence-corrected chi connectivity index (χ3v) is 3.95. The molecule has 0 atom stereocenters. The monoisotopic (exact) mass is 255 g/mol. The lowest BCUT2D eigenvalue weighted by Crippen LogP contribution is -2.58. The summed E-state index contributed by atoms with van der Waals surface area (Å²) < 4.78 is 0. The van der Waals surface area contributed by atoms with Gasteiger partial charge in [-0.05, 0) is 43.5 Å². The molecule has 2 aromatic rings. The normalized spacial score (nSPS) is 16.9.